The molecule has 1 aromatic rings. The number of carbonyl (C=O) groups excluding carboxylic acids is 1. The van der Waals surface area contributed by atoms with Gasteiger partial charge >= 0.3 is 0 Å². The minimum absolute atomic E-state index is 0.0735. The molecular weight excluding hydrogens is 234 g/mol. The summed E-state index contributed by atoms with van der Waals surface area (Å²) in [5.41, 5.74) is 0. The van der Waals surface area contributed by atoms with Gasteiger partial charge in [0.05, 0.1) is 16.4 Å². The summed E-state index contributed by atoms with van der Waals surface area (Å²) < 4.78 is 22.3. The van der Waals surface area contributed by atoms with E-state index in [1.54, 1.807) is 12.1 Å². The van der Waals surface area contributed by atoms with Crippen molar-refractivity contribution in [2.24, 2.45) is 0 Å². The first-order chi connectivity index (χ1) is 7.07. The van der Waals surface area contributed by atoms with Crippen LogP contribution in [0.15, 0.2) is 17.5 Å². The van der Waals surface area contributed by atoms with E-state index in [-0.39, 0.29) is 23.5 Å². The SMILES string of the molecule is O=C(N[C@H]1CCS(=O)(=O)C1)c1cccs1. The van der Waals surface area contributed by atoms with Crippen molar-refractivity contribution in [1.29, 1.82) is 0 Å². The third-order valence-electron chi connectivity index (χ3n) is 2.31. The van der Waals surface area contributed by atoms with E-state index < -0.39 is 9.84 Å². The Morgan fingerprint density at radius 1 is 1.53 bits per heavy atom. The monoisotopic (exact) mass is 245 g/mol. The molecule has 15 heavy (non-hydrogen) atoms. The minimum atomic E-state index is -2.92. The van der Waals surface area contributed by atoms with Crippen LogP contribution in [0.1, 0.15) is 16.1 Å². The van der Waals surface area contributed by atoms with Gasteiger partial charge < -0.3 is 5.32 Å². The van der Waals surface area contributed by atoms with Crippen LogP contribution in [0, 0.1) is 0 Å². The highest BCUT2D eigenvalue weighted by atomic mass is 32.2. The van der Waals surface area contributed by atoms with Crippen LogP contribution >= 0.6 is 11.3 Å². The normalized spacial score (nSPS) is 23.9. The van der Waals surface area contributed by atoms with Gasteiger partial charge in [0.1, 0.15) is 0 Å². The second kappa shape index (κ2) is 3.94. The lowest BCUT2D eigenvalue weighted by molar-refractivity contribution is 0.0945. The molecule has 0 spiro atoms. The van der Waals surface area contributed by atoms with Crippen molar-refractivity contribution in [1.82, 2.24) is 5.32 Å². The molecule has 1 aromatic heterocycles. The Labute approximate surface area is 92.2 Å². The minimum Gasteiger partial charge on any atom is -0.348 e. The topological polar surface area (TPSA) is 63.2 Å². The molecule has 0 aliphatic carbocycles. The predicted octanol–water partition coefficient (Wildman–Crippen LogP) is 0.665. The highest BCUT2D eigenvalue weighted by molar-refractivity contribution is 7.91. The maximum atomic E-state index is 11.6. The molecule has 0 unspecified atom stereocenters. The highest BCUT2D eigenvalue weighted by Crippen LogP contribution is 2.13. The van der Waals surface area contributed by atoms with Crippen LogP contribution in [0.2, 0.25) is 0 Å². The van der Waals surface area contributed by atoms with Gasteiger partial charge in [-0.25, -0.2) is 8.42 Å². The van der Waals surface area contributed by atoms with Crippen molar-refractivity contribution in [3.63, 3.8) is 0 Å². The molecule has 0 bridgehead atoms. The first-order valence-electron chi connectivity index (χ1n) is 4.62. The summed E-state index contributed by atoms with van der Waals surface area (Å²) in [7, 11) is -2.92. The van der Waals surface area contributed by atoms with Crippen molar-refractivity contribution in [2.75, 3.05) is 11.5 Å². The molecule has 2 rings (SSSR count). The van der Waals surface area contributed by atoms with E-state index in [2.05, 4.69) is 5.32 Å². The van der Waals surface area contributed by atoms with Gasteiger partial charge in [-0.1, -0.05) is 6.07 Å². The Kier molecular flexibility index (Phi) is 2.79. The Morgan fingerprint density at radius 3 is 2.87 bits per heavy atom. The van der Waals surface area contributed by atoms with Crippen LogP contribution in [0.25, 0.3) is 0 Å². The van der Waals surface area contributed by atoms with Crippen molar-refractivity contribution in [2.45, 2.75) is 12.5 Å². The third-order valence-corrected chi connectivity index (χ3v) is 4.95. The Balaban J connectivity index is 1.97. The highest BCUT2D eigenvalue weighted by Gasteiger charge is 2.29. The number of rotatable bonds is 2. The molecule has 6 heteroatoms. The molecule has 1 aliphatic heterocycles. The summed E-state index contributed by atoms with van der Waals surface area (Å²) in [4.78, 5) is 12.2. The summed E-state index contributed by atoms with van der Waals surface area (Å²) in [5, 5.41) is 4.55. The summed E-state index contributed by atoms with van der Waals surface area (Å²) in [6.07, 6.45) is 0.527. The molecule has 1 N–H and O–H groups in total. The van der Waals surface area contributed by atoms with Crippen molar-refractivity contribution in [3.8, 4) is 0 Å². The van der Waals surface area contributed by atoms with Gasteiger partial charge in [0.15, 0.2) is 9.84 Å². The Bertz CT molecular complexity index is 450. The molecule has 1 atom stereocenters. The zero-order valence-corrected chi connectivity index (χ0v) is 9.60. The second-order valence-electron chi connectivity index (χ2n) is 3.55. The van der Waals surface area contributed by atoms with Crippen LogP contribution in [0.3, 0.4) is 0 Å². The number of thiophene rings is 1. The molecule has 4 nitrogen and oxygen atoms in total. The fourth-order valence-electron chi connectivity index (χ4n) is 1.57. The second-order valence-corrected chi connectivity index (χ2v) is 6.73. The summed E-state index contributed by atoms with van der Waals surface area (Å²) >= 11 is 1.35. The fourth-order valence-corrected chi connectivity index (χ4v) is 3.87. The van der Waals surface area contributed by atoms with Gasteiger partial charge in [0, 0.05) is 6.04 Å². The lowest BCUT2D eigenvalue weighted by Crippen LogP contribution is -2.35. The number of nitrogens with one attached hydrogen (secondary N) is 1. The molecule has 0 aromatic carbocycles. The van der Waals surface area contributed by atoms with Crippen molar-refractivity contribution < 1.29 is 13.2 Å². The molecule has 2 heterocycles. The average molecular weight is 245 g/mol. The van der Waals surface area contributed by atoms with Crippen molar-refractivity contribution in [3.05, 3.63) is 22.4 Å². The summed E-state index contributed by atoms with van der Waals surface area (Å²) in [6, 6.07) is 3.30. The van der Waals surface area contributed by atoms with E-state index in [9.17, 15) is 13.2 Å². The van der Waals surface area contributed by atoms with Crippen LogP contribution in [-0.4, -0.2) is 31.9 Å². The maximum Gasteiger partial charge on any atom is 0.261 e. The van der Waals surface area contributed by atoms with Gasteiger partial charge in [-0.05, 0) is 17.9 Å². The molecule has 82 valence electrons. The number of sulfone groups is 1. The Morgan fingerprint density at radius 2 is 2.33 bits per heavy atom. The molecule has 0 radical (unpaired) electrons. The smallest absolute Gasteiger partial charge is 0.261 e. The standard InChI is InChI=1S/C9H11NO3S2/c11-9(8-2-1-4-14-8)10-7-3-5-15(12,13)6-7/h1-2,4,7H,3,5-6H2,(H,10,11)/t7-/m0/s1. The van der Waals surface area contributed by atoms with Crippen LogP contribution in [0.4, 0.5) is 0 Å². The Hall–Kier alpha value is -0.880. The molecular formula is C9H11NO3S2. The molecule has 1 aliphatic rings. The fraction of sp³-hybridized carbons (Fsp3) is 0.444. The molecule has 1 saturated heterocycles. The van der Waals surface area contributed by atoms with Crippen molar-refractivity contribution >= 4 is 27.1 Å². The van der Waals surface area contributed by atoms with Gasteiger partial charge in [-0.15, -0.1) is 11.3 Å². The van der Waals surface area contributed by atoms with Gasteiger partial charge in [0.25, 0.3) is 5.91 Å². The zero-order valence-electron chi connectivity index (χ0n) is 7.97. The third kappa shape index (κ3) is 2.57. The lowest BCUT2D eigenvalue weighted by Gasteiger charge is -2.08. The van der Waals surface area contributed by atoms with Crippen LogP contribution in [0.5, 0.6) is 0 Å². The average Bonchev–Trinajstić information content (AvgIpc) is 2.74. The predicted molar refractivity (Wildman–Crippen MR) is 58.8 cm³/mol. The van der Waals surface area contributed by atoms with E-state index in [0.29, 0.717) is 11.3 Å². The first kappa shape index (κ1) is 10.6. The summed E-state index contributed by atoms with van der Waals surface area (Å²) in [5.74, 6) is 0.0825. The van der Waals surface area contributed by atoms with Crippen LogP contribution < -0.4 is 5.32 Å². The summed E-state index contributed by atoms with van der Waals surface area (Å²) in [6.45, 7) is 0. The van der Waals surface area contributed by atoms with E-state index >= 15 is 0 Å². The zero-order chi connectivity index (χ0) is 10.9. The van der Waals surface area contributed by atoms with E-state index in [4.69, 9.17) is 0 Å². The number of carbonyl (C=O) groups is 1. The van der Waals surface area contributed by atoms with Crippen LogP contribution in [-0.2, 0) is 9.84 Å². The first-order valence-corrected chi connectivity index (χ1v) is 7.32. The largest absolute Gasteiger partial charge is 0.348 e. The van der Waals surface area contributed by atoms with E-state index in [0.717, 1.165) is 0 Å². The molecule has 1 amide bonds. The number of hydrogen-bond acceptors (Lipinski definition) is 4. The van der Waals surface area contributed by atoms with Gasteiger partial charge in [-0.2, -0.15) is 0 Å². The van der Waals surface area contributed by atoms with E-state index in [1.165, 1.54) is 11.3 Å². The van der Waals surface area contributed by atoms with E-state index in [1.807, 2.05) is 5.38 Å². The maximum absolute atomic E-state index is 11.6. The molecule has 0 saturated carbocycles. The quantitative estimate of drug-likeness (QED) is 0.832. The molecule has 1 fully saturated rings. The number of amides is 1. The van der Waals surface area contributed by atoms with Gasteiger partial charge in [0.2, 0.25) is 0 Å². The number of hydrogen-bond donors (Lipinski definition) is 1. The van der Waals surface area contributed by atoms with Gasteiger partial charge in [-0.3, -0.25) is 4.79 Å². The lowest BCUT2D eigenvalue weighted by atomic mass is 10.2.